The lowest BCUT2D eigenvalue weighted by Crippen LogP contribution is -2.42. The predicted molar refractivity (Wildman–Crippen MR) is 121 cm³/mol. The normalized spacial score (nSPS) is 12.3. The van der Waals surface area contributed by atoms with Gasteiger partial charge in [-0.1, -0.05) is 0 Å². The van der Waals surface area contributed by atoms with Crippen LogP contribution < -0.4 is 16.0 Å². The van der Waals surface area contributed by atoms with Gasteiger partial charge < -0.3 is 26.0 Å². The Labute approximate surface area is 194 Å². The van der Waals surface area contributed by atoms with Crippen LogP contribution in [0.4, 0.5) is 5.69 Å². The summed E-state index contributed by atoms with van der Waals surface area (Å²) in [6.45, 7) is 2.89. The molecule has 176 valence electrons. The third-order valence-corrected chi connectivity index (χ3v) is 4.71. The lowest BCUT2D eigenvalue weighted by molar-refractivity contribution is -0.139. The van der Waals surface area contributed by atoms with Crippen LogP contribution in [0.15, 0.2) is 49.2 Å². The zero-order valence-electron chi connectivity index (χ0n) is 18.4. The Morgan fingerprint density at radius 3 is 2.24 bits per heavy atom. The first-order valence-corrected chi connectivity index (χ1v) is 10.2. The number of carboxylic acids is 1. The number of aliphatic carboxylic acids is 1. The van der Waals surface area contributed by atoms with Crippen LogP contribution in [0, 0.1) is 0 Å². The van der Waals surface area contributed by atoms with Crippen LogP contribution in [-0.4, -0.2) is 60.8 Å². The average molecular weight is 465 g/mol. The van der Waals surface area contributed by atoms with Gasteiger partial charge in [0.2, 0.25) is 11.8 Å². The van der Waals surface area contributed by atoms with Gasteiger partial charge in [-0.25, -0.2) is 9.78 Å². The predicted octanol–water partition coefficient (Wildman–Crippen LogP) is 0.755. The third-order valence-electron chi connectivity index (χ3n) is 4.71. The molecule has 0 saturated carbocycles. The van der Waals surface area contributed by atoms with E-state index >= 15 is 0 Å². The summed E-state index contributed by atoms with van der Waals surface area (Å²) in [7, 11) is 0. The number of anilines is 1. The van der Waals surface area contributed by atoms with Crippen LogP contribution in [0.5, 0.6) is 0 Å². The quantitative estimate of drug-likeness (QED) is 0.307. The maximum Gasteiger partial charge on any atom is 0.326 e. The average Bonchev–Trinajstić information content (AvgIpc) is 3.32. The van der Waals surface area contributed by atoms with Gasteiger partial charge in [-0.05, 0) is 31.2 Å². The summed E-state index contributed by atoms with van der Waals surface area (Å²) in [5.41, 5.74) is 2.20. The van der Waals surface area contributed by atoms with Gasteiger partial charge in [-0.2, -0.15) is 0 Å². The third kappa shape index (κ3) is 6.45. The number of nitrogens with zero attached hydrogens (tertiary/aromatic N) is 3. The van der Waals surface area contributed by atoms with Gasteiger partial charge in [-0.15, -0.1) is 0 Å². The number of H-pyrrole nitrogens is 1. The Kier molecular flexibility index (Phi) is 7.64. The second-order valence-corrected chi connectivity index (χ2v) is 7.42. The molecule has 12 nitrogen and oxygen atoms in total. The number of aromatic nitrogens is 4. The van der Waals surface area contributed by atoms with Crippen molar-refractivity contribution in [2.24, 2.45) is 0 Å². The summed E-state index contributed by atoms with van der Waals surface area (Å²) in [6, 6.07) is 4.54. The number of carbonyl (C=O) groups is 4. The van der Waals surface area contributed by atoms with Gasteiger partial charge in [-0.3, -0.25) is 24.4 Å². The van der Waals surface area contributed by atoms with E-state index in [1.807, 2.05) is 0 Å². The summed E-state index contributed by atoms with van der Waals surface area (Å²) in [6.07, 6.45) is 5.75. The summed E-state index contributed by atoms with van der Waals surface area (Å²) >= 11 is 0. The summed E-state index contributed by atoms with van der Waals surface area (Å²) in [5, 5.41) is 17.0. The number of hydrogen-bond donors (Lipinski definition) is 5. The Morgan fingerprint density at radius 1 is 1.00 bits per heavy atom. The molecule has 0 aromatic carbocycles. The molecule has 0 radical (unpaired) electrons. The largest absolute Gasteiger partial charge is 0.480 e. The van der Waals surface area contributed by atoms with E-state index in [1.54, 1.807) is 25.1 Å². The lowest BCUT2D eigenvalue weighted by atomic mass is 10.1. The van der Waals surface area contributed by atoms with Crippen molar-refractivity contribution in [2.75, 3.05) is 5.32 Å². The minimum Gasteiger partial charge on any atom is -0.480 e. The number of pyridine rings is 2. The SMILES string of the molecule is CC(=O)N[C@@H](C)C(=O)Nc1ccc(-c2ccc(C(=O)N[C@@H](Cc3cnc[nH]3)C(=O)O)cn2)nc1. The van der Waals surface area contributed by atoms with Crippen molar-refractivity contribution in [1.82, 2.24) is 30.6 Å². The Bertz CT molecular complexity index is 1160. The molecule has 3 heterocycles. The molecule has 0 unspecified atom stereocenters. The topological polar surface area (TPSA) is 179 Å². The fraction of sp³-hybridized carbons (Fsp3) is 0.227. The molecule has 0 saturated heterocycles. The Morgan fingerprint density at radius 2 is 1.71 bits per heavy atom. The van der Waals surface area contributed by atoms with E-state index in [2.05, 4.69) is 35.9 Å². The monoisotopic (exact) mass is 465 g/mol. The van der Waals surface area contributed by atoms with E-state index in [9.17, 15) is 24.3 Å². The molecule has 3 amide bonds. The molecule has 12 heteroatoms. The maximum atomic E-state index is 12.5. The second kappa shape index (κ2) is 10.8. The van der Waals surface area contributed by atoms with Crippen molar-refractivity contribution in [3.05, 3.63) is 60.4 Å². The van der Waals surface area contributed by atoms with Crippen LogP contribution in [0.2, 0.25) is 0 Å². The van der Waals surface area contributed by atoms with Crippen LogP contribution in [0.1, 0.15) is 29.9 Å². The zero-order valence-corrected chi connectivity index (χ0v) is 18.4. The van der Waals surface area contributed by atoms with E-state index in [0.29, 0.717) is 22.8 Å². The zero-order chi connectivity index (χ0) is 24.7. The number of aromatic amines is 1. The summed E-state index contributed by atoms with van der Waals surface area (Å²) in [5.74, 6) is -2.44. The highest BCUT2D eigenvalue weighted by Gasteiger charge is 2.22. The van der Waals surface area contributed by atoms with Gasteiger partial charge in [0.1, 0.15) is 12.1 Å². The Hall–Kier alpha value is -4.61. The van der Waals surface area contributed by atoms with Crippen molar-refractivity contribution in [1.29, 1.82) is 0 Å². The highest BCUT2D eigenvalue weighted by Crippen LogP contribution is 2.17. The first-order chi connectivity index (χ1) is 16.2. The molecule has 5 N–H and O–H groups in total. The van der Waals surface area contributed by atoms with E-state index in [4.69, 9.17) is 0 Å². The van der Waals surface area contributed by atoms with Crippen LogP contribution >= 0.6 is 0 Å². The van der Waals surface area contributed by atoms with Gasteiger partial charge in [0, 0.05) is 31.4 Å². The molecular weight excluding hydrogens is 442 g/mol. The Balaban J connectivity index is 1.62. The van der Waals surface area contributed by atoms with Gasteiger partial charge in [0.25, 0.3) is 5.91 Å². The van der Waals surface area contributed by atoms with Crippen molar-refractivity contribution >= 4 is 29.4 Å². The maximum absolute atomic E-state index is 12.5. The summed E-state index contributed by atoms with van der Waals surface area (Å²) in [4.78, 5) is 62.2. The highest BCUT2D eigenvalue weighted by atomic mass is 16.4. The van der Waals surface area contributed by atoms with E-state index in [-0.39, 0.29) is 23.8 Å². The number of imidazole rings is 1. The molecule has 2 atom stereocenters. The molecule has 3 aromatic rings. The molecule has 3 aromatic heterocycles. The molecule has 0 spiro atoms. The second-order valence-electron chi connectivity index (χ2n) is 7.42. The van der Waals surface area contributed by atoms with Crippen molar-refractivity contribution in [3.63, 3.8) is 0 Å². The first-order valence-electron chi connectivity index (χ1n) is 10.2. The fourth-order valence-corrected chi connectivity index (χ4v) is 2.98. The molecule has 3 rings (SSSR count). The van der Waals surface area contributed by atoms with Gasteiger partial charge in [0.05, 0.1) is 35.2 Å². The minimum absolute atomic E-state index is 0.0585. The van der Waals surface area contributed by atoms with E-state index in [1.165, 1.54) is 37.9 Å². The number of hydrogen-bond acceptors (Lipinski definition) is 7. The number of nitrogens with one attached hydrogen (secondary N) is 4. The van der Waals surface area contributed by atoms with Crippen molar-refractivity contribution in [2.45, 2.75) is 32.4 Å². The lowest BCUT2D eigenvalue weighted by Gasteiger charge is -2.14. The molecule has 0 fully saturated rings. The number of carbonyl (C=O) groups excluding carboxylic acids is 3. The van der Waals surface area contributed by atoms with Crippen molar-refractivity contribution < 1.29 is 24.3 Å². The number of amides is 3. The smallest absolute Gasteiger partial charge is 0.326 e. The standard InChI is InChI=1S/C22H23N7O5/c1-12(27-13(2)30)20(31)28-15-4-6-18(25-10-15)17-5-3-14(8-24-17)21(32)29-19(22(33)34)7-16-9-23-11-26-16/h3-6,8-12,19H,7H2,1-2H3,(H,23,26)(H,27,30)(H,28,31)(H,29,32)(H,33,34)/t12-,19-/m0/s1. The molecule has 34 heavy (non-hydrogen) atoms. The van der Waals surface area contributed by atoms with Crippen LogP contribution in [-0.2, 0) is 20.8 Å². The molecular formula is C22H23N7O5. The number of rotatable bonds is 9. The van der Waals surface area contributed by atoms with E-state index < -0.39 is 24.0 Å². The van der Waals surface area contributed by atoms with Gasteiger partial charge >= 0.3 is 5.97 Å². The number of carboxylic acid groups (broad SMARTS) is 1. The first kappa shape index (κ1) is 24.0. The molecule has 0 aliphatic rings. The van der Waals surface area contributed by atoms with Crippen molar-refractivity contribution in [3.8, 4) is 11.4 Å². The molecule has 0 aliphatic carbocycles. The summed E-state index contributed by atoms with van der Waals surface area (Å²) < 4.78 is 0. The van der Waals surface area contributed by atoms with Gasteiger partial charge in [0.15, 0.2) is 0 Å². The fourth-order valence-electron chi connectivity index (χ4n) is 2.98. The minimum atomic E-state index is -1.17. The molecule has 0 aliphatic heterocycles. The van der Waals surface area contributed by atoms with Crippen LogP contribution in [0.3, 0.4) is 0 Å². The highest BCUT2D eigenvalue weighted by molar-refractivity contribution is 5.97. The van der Waals surface area contributed by atoms with Crippen LogP contribution in [0.25, 0.3) is 11.4 Å². The molecule has 0 bridgehead atoms. The van der Waals surface area contributed by atoms with E-state index in [0.717, 1.165) is 0 Å².